The summed E-state index contributed by atoms with van der Waals surface area (Å²) in [6, 6.07) is 10.7. The van der Waals surface area contributed by atoms with Crippen molar-refractivity contribution in [3.8, 4) is 17.2 Å². The zero-order valence-corrected chi connectivity index (χ0v) is 14.7. The molecule has 1 N–H and O–H groups in total. The number of H-pyrrole nitrogens is 1. The van der Waals surface area contributed by atoms with Crippen LogP contribution in [0, 0.1) is 0 Å². The molecule has 0 spiro atoms. The smallest absolute Gasteiger partial charge is 0.259 e. The minimum absolute atomic E-state index is 0.239. The van der Waals surface area contributed by atoms with Crippen molar-refractivity contribution in [3.63, 3.8) is 0 Å². The van der Waals surface area contributed by atoms with Crippen LogP contribution in [0.15, 0.2) is 41.2 Å². The number of nitrogens with one attached hydrogen (secondary N) is 1. The van der Waals surface area contributed by atoms with Crippen LogP contribution in [0.3, 0.4) is 0 Å². The largest absolute Gasteiger partial charge is 0.493 e. The SMILES string of the molecule is COc1cc(/C=C(\Cl)c2nc3ccccc3c(=O)[nH]2)cc2c1OCCO2. The number of halogens is 1. The summed E-state index contributed by atoms with van der Waals surface area (Å²) >= 11 is 6.41. The van der Waals surface area contributed by atoms with Crippen molar-refractivity contribution in [3.05, 3.63) is 58.1 Å². The third-order valence-electron chi connectivity index (χ3n) is 3.98. The summed E-state index contributed by atoms with van der Waals surface area (Å²) < 4.78 is 16.6. The third-order valence-corrected chi connectivity index (χ3v) is 4.27. The topological polar surface area (TPSA) is 73.4 Å². The predicted octanol–water partition coefficient (Wildman–Crippen LogP) is 3.44. The summed E-state index contributed by atoms with van der Waals surface area (Å²) in [7, 11) is 1.56. The van der Waals surface area contributed by atoms with Gasteiger partial charge >= 0.3 is 0 Å². The van der Waals surface area contributed by atoms with Gasteiger partial charge < -0.3 is 19.2 Å². The molecule has 3 aromatic rings. The van der Waals surface area contributed by atoms with E-state index < -0.39 is 0 Å². The molecule has 0 fully saturated rings. The Morgan fingerprint density at radius 1 is 1.27 bits per heavy atom. The monoisotopic (exact) mass is 370 g/mol. The molecule has 0 saturated carbocycles. The molecule has 4 rings (SSSR count). The number of nitrogens with zero attached hydrogens (tertiary/aromatic N) is 1. The van der Waals surface area contributed by atoms with Crippen LogP contribution in [0.1, 0.15) is 11.4 Å². The summed E-state index contributed by atoms with van der Waals surface area (Å²) in [5.41, 5.74) is 1.08. The molecule has 0 amide bonds. The average Bonchev–Trinajstić information content (AvgIpc) is 2.67. The standard InChI is InChI=1S/C19H15ClN2O4/c1-24-15-9-11(10-16-17(15)26-7-6-25-16)8-13(20)18-21-14-5-3-2-4-12(14)19(23)22-18/h2-5,8-10H,6-7H2,1H3,(H,21,22,23)/b13-8-. The van der Waals surface area contributed by atoms with Gasteiger partial charge in [-0.05, 0) is 35.9 Å². The first-order chi connectivity index (χ1) is 12.7. The van der Waals surface area contributed by atoms with Crippen molar-refractivity contribution in [2.75, 3.05) is 20.3 Å². The van der Waals surface area contributed by atoms with Gasteiger partial charge in [-0.15, -0.1) is 0 Å². The Balaban J connectivity index is 1.78. The number of rotatable bonds is 3. The molecule has 0 saturated heterocycles. The van der Waals surface area contributed by atoms with E-state index >= 15 is 0 Å². The fourth-order valence-corrected chi connectivity index (χ4v) is 3.01. The summed E-state index contributed by atoms with van der Waals surface area (Å²) in [6.07, 6.45) is 1.69. The normalized spacial score (nSPS) is 13.7. The van der Waals surface area contributed by atoms with E-state index in [9.17, 15) is 4.79 Å². The van der Waals surface area contributed by atoms with Crippen LogP contribution in [-0.4, -0.2) is 30.3 Å². The fraction of sp³-hybridized carbons (Fsp3) is 0.158. The molecule has 0 unspecified atom stereocenters. The Morgan fingerprint density at radius 2 is 2.08 bits per heavy atom. The molecule has 7 heteroatoms. The summed E-state index contributed by atoms with van der Waals surface area (Å²) in [6.45, 7) is 0.943. The maximum Gasteiger partial charge on any atom is 0.259 e. The van der Waals surface area contributed by atoms with Gasteiger partial charge in [0.2, 0.25) is 5.75 Å². The Morgan fingerprint density at radius 3 is 2.92 bits per heavy atom. The molecule has 132 valence electrons. The highest BCUT2D eigenvalue weighted by molar-refractivity contribution is 6.50. The molecular weight excluding hydrogens is 356 g/mol. The van der Waals surface area contributed by atoms with Gasteiger partial charge in [0.25, 0.3) is 5.56 Å². The first-order valence-corrected chi connectivity index (χ1v) is 8.38. The second-order valence-corrected chi connectivity index (χ2v) is 6.08. The molecular formula is C19H15ClN2O4. The number of aromatic nitrogens is 2. The molecule has 26 heavy (non-hydrogen) atoms. The fourth-order valence-electron chi connectivity index (χ4n) is 2.79. The minimum Gasteiger partial charge on any atom is -0.493 e. The first kappa shape index (κ1) is 16.5. The van der Waals surface area contributed by atoms with Gasteiger partial charge in [0.15, 0.2) is 17.3 Å². The van der Waals surface area contributed by atoms with Crippen molar-refractivity contribution in [2.45, 2.75) is 0 Å². The second-order valence-electron chi connectivity index (χ2n) is 5.67. The summed E-state index contributed by atoms with van der Waals surface area (Å²) in [5, 5.41) is 0.813. The zero-order valence-electron chi connectivity index (χ0n) is 13.9. The zero-order chi connectivity index (χ0) is 18.1. The maximum atomic E-state index is 12.2. The van der Waals surface area contributed by atoms with Crippen LogP contribution in [0.25, 0.3) is 22.0 Å². The third kappa shape index (κ3) is 2.99. The van der Waals surface area contributed by atoms with Crippen molar-refractivity contribution < 1.29 is 14.2 Å². The molecule has 1 aromatic heterocycles. The lowest BCUT2D eigenvalue weighted by Crippen LogP contribution is -2.16. The average molecular weight is 371 g/mol. The van der Waals surface area contributed by atoms with Crippen LogP contribution < -0.4 is 19.8 Å². The van der Waals surface area contributed by atoms with Gasteiger partial charge in [-0.1, -0.05) is 23.7 Å². The summed E-state index contributed by atoms with van der Waals surface area (Å²) in [5.74, 6) is 2.01. The van der Waals surface area contributed by atoms with E-state index in [1.807, 2.05) is 6.07 Å². The van der Waals surface area contributed by atoms with Gasteiger partial charge in [-0.25, -0.2) is 4.98 Å². The Bertz CT molecular complexity index is 1060. The highest BCUT2D eigenvalue weighted by Gasteiger charge is 2.18. The van der Waals surface area contributed by atoms with Crippen LogP contribution in [0.4, 0.5) is 0 Å². The molecule has 0 radical (unpaired) electrons. The van der Waals surface area contributed by atoms with Crippen LogP contribution in [0.2, 0.25) is 0 Å². The Kier molecular flexibility index (Phi) is 4.26. The number of ether oxygens (including phenoxy) is 3. The van der Waals surface area contributed by atoms with E-state index in [-0.39, 0.29) is 5.56 Å². The molecule has 0 aliphatic carbocycles. The van der Waals surface area contributed by atoms with Crippen LogP contribution >= 0.6 is 11.6 Å². The highest BCUT2D eigenvalue weighted by Crippen LogP contribution is 2.41. The molecule has 2 heterocycles. The van der Waals surface area contributed by atoms with Gasteiger partial charge in [0.1, 0.15) is 13.2 Å². The number of hydrogen-bond acceptors (Lipinski definition) is 5. The number of benzene rings is 2. The Hall–Kier alpha value is -2.99. The van der Waals surface area contributed by atoms with Crippen molar-refractivity contribution >= 4 is 33.6 Å². The first-order valence-electron chi connectivity index (χ1n) is 8.00. The number of para-hydroxylation sites is 1. The lowest BCUT2D eigenvalue weighted by Gasteiger charge is -2.21. The van der Waals surface area contributed by atoms with Crippen molar-refractivity contribution in [2.24, 2.45) is 0 Å². The van der Waals surface area contributed by atoms with E-state index in [0.29, 0.717) is 52.2 Å². The molecule has 6 nitrogen and oxygen atoms in total. The molecule has 2 aromatic carbocycles. The number of methoxy groups -OCH3 is 1. The van der Waals surface area contributed by atoms with Gasteiger partial charge in [0.05, 0.1) is 23.0 Å². The molecule has 1 aliphatic heterocycles. The van der Waals surface area contributed by atoms with E-state index in [1.165, 1.54) is 0 Å². The maximum absolute atomic E-state index is 12.2. The molecule has 1 aliphatic rings. The Labute approximate surface area is 154 Å². The number of hydrogen-bond donors (Lipinski definition) is 1. The van der Waals surface area contributed by atoms with E-state index in [1.54, 1.807) is 43.5 Å². The lowest BCUT2D eigenvalue weighted by molar-refractivity contribution is 0.165. The van der Waals surface area contributed by atoms with E-state index in [4.69, 9.17) is 25.8 Å². The second kappa shape index (κ2) is 6.72. The van der Waals surface area contributed by atoms with E-state index in [0.717, 1.165) is 5.56 Å². The summed E-state index contributed by atoms with van der Waals surface area (Å²) in [4.78, 5) is 19.3. The van der Waals surface area contributed by atoms with Crippen LogP contribution in [-0.2, 0) is 0 Å². The van der Waals surface area contributed by atoms with Crippen molar-refractivity contribution in [1.29, 1.82) is 0 Å². The predicted molar refractivity (Wildman–Crippen MR) is 100 cm³/mol. The molecule has 0 atom stereocenters. The number of aromatic amines is 1. The number of fused-ring (bicyclic) bond motifs is 2. The quantitative estimate of drug-likeness (QED) is 0.764. The van der Waals surface area contributed by atoms with Crippen LogP contribution in [0.5, 0.6) is 17.2 Å². The van der Waals surface area contributed by atoms with Gasteiger partial charge in [0, 0.05) is 0 Å². The lowest BCUT2D eigenvalue weighted by atomic mass is 10.1. The molecule has 0 bridgehead atoms. The van der Waals surface area contributed by atoms with E-state index in [2.05, 4.69) is 9.97 Å². The van der Waals surface area contributed by atoms with Crippen molar-refractivity contribution in [1.82, 2.24) is 9.97 Å². The highest BCUT2D eigenvalue weighted by atomic mass is 35.5. The van der Waals surface area contributed by atoms with Gasteiger partial charge in [-0.3, -0.25) is 4.79 Å². The minimum atomic E-state index is -0.239. The van der Waals surface area contributed by atoms with Gasteiger partial charge in [-0.2, -0.15) is 0 Å².